The topological polar surface area (TPSA) is 57.6 Å². The van der Waals surface area contributed by atoms with Gasteiger partial charge in [0.05, 0.1) is 10.9 Å². The van der Waals surface area contributed by atoms with Gasteiger partial charge in [-0.2, -0.15) is 0 Å². The number of carboxylic acids is 1. The van der Waals surface area contributed by atoms with Crippen LogP contribution in [0.1, 0.15) is 23.2 Å². The summed E-state index contributed by atoms with van der Waals surface area (Å²) in [5.74, 6) is -1.48. The van der Waals surface area contributed by atoms with Crippen LogP contribution in [-0.4, -0.2) is 35.0 Å². The molecule has 0 radical (unpaired) electrons. The lowest BCUT2D eigenvalue weighted by molar-refractivity contribution is -0.143. The molecule has 102 valence electrons. The highest BCUT2D eigenvalue weighted by molar-refractivity contribution is 9.10. The molecule has 6 heteroatoms. The Labute approximate surface area is 124 Å². The van der Waals surface area contributed by atoms with E-state index in [0.29, 0.717) is 30.0 Å². The fraction of sp³-hybridized carbons (Fsp3) is 0.385. The Morgan fingerprint density at radius 1 is 1.42 bits per heavy atom. The summed E-state index contributed by atoms with van der Waals surface area (Å²) in [6.07, 6.45) is 1.34. The molecule has 1 saturated heterocycles. The fourth-order valence-corrected chi connectivity index (χ4v) is 2.60. The molecule has 1 fully saturated rings. The minimum Gasteiger partial charge on any atom is -0.481 e. The average Bonchev–Trinajstić information content (AvgIpc) is 2.41. The Bertz CT molecular complexity index is 521. The molecule has 1 aliphatic heterocycles. The van der Waals surface area contributed by atoms with E-state index in [0.717, 1.165) is 4.47 Å². The Balaban J connectivity index is 2.14. The zero-order valence-corrected chi connectivity index (χ0v) is 12.4. The van der Waals surface area contributed by atoms with Gasteiger partial charge in [-0.1, -0.05) is 11.6 Å². The molecule has 0 aromatic heterocycles. The zero-order chi connectivity index (χ0) is 14.0. The Morgan fingerprint density at radius 2 is 2.16 bits per heavy atom. The van der Waals surface area contributed by atoms with E-state index in [1.807, 2.05) is 0 Å². The summed E-state index contributed by atoms with van der Waals surface area (Å²) >= 11 is 9.23. The molecule has 0 saturated carbocycles. The molecule has 1 aromatic rings. The van der Waals surface area contributed by atoms with E-state index in [9.17, 15) is 9.59 Å². The van der Waals surface area contributed by atoms with Gasteiger partial charge in [-0.05, 0) is 47.0 Å². The number of hydrogen-bond donors (Lipinski definition) is 1. The van der Waals surface area contributed by atoms with Crippen LogP contribution in [0.25, 0.3) is 0 Å². The van der Waals surface area contributed by atoms with Crippen molar-refractivity contribution in [2.24, 2.45) is 5.92 Å². The first-order chi connectivity index (χ1) is 8.99. The van der Waals surface area contributed by atoms with Crippen molar-refractivity contribution >= 4 is 39.4 Å². The third-order valence-corrected chi connectivity index (χ3v) is 4.46. The summed E-state index contributed by atoms with van der Waals surface area (Å²) in [6.45, 7) is 0.859. The molecule has 2 rings (SSSR count). The third-order valence-electron chi connectivity index (χ3n) is 3.22. The maximum Gasteiger partial charge on any atom is 0.308 e. The van der Waals surface area contributed by atoms with Crippen LogP contribution in [0.3, 0.4) is 0 Å². The lowest BCUT2D eigenvalue weighted by atomic mass is 9.97. The monoisotopic (exact) mass is 345 g/mol. The molecule has 1 atom stereocenters. The van der Waals surface area contributed by atoms with E-state index >= 15 is 0 Å². The van der Waals surface area contributed by atoms with Crippen LogP contribution < -0.4 is 0 Å². The lowest BCUT2D eigenvalue weighted by Gasteiger charge is -2.30. The van der Waals surface area contributed by atoms with Gasteiger partial charge in [0.2, 0.25) is 0 Å². The minimum atomic E-state index is -0.841. The second-order valence-corrected chi connectivity index (χ2v) is 5.82. The number of aliphatic carboxylic acids is 1. The predicted octanol–water partition coefficient (Wildman–Crippen LogP) is 3.04. The van der Waals surface area contributed by atoms with Crippen LogP contribution in [0.5, 0.6) is 0 Å². The van der Waals surface area contributed by atoms with Gasteiger partial charge in [0.1, 0.15) is 0 Å². The van der Waals surface area contributed by atoms with Gasteiger partial charge in [0, 0.05) is 23.1 Å². The van der Waals surface area contributed by atoms with Crippen LogP contribution in [0, 0.1) is 5.92 Å². The van der Waals surface area contributed by atoms with Crippen molar-refractivity contribution in [3.05, 3.63) is 33.3 Å². The number of carboxylic acid groups (broad SMARTS) is 1. The van der Waals surface area contributed by atoms with Gasteiger partial charge in [0.25, 0.3) is 5.91 Å². The van der Waals surface area contributed by atoms with Crippen molar-refractivity contribution in [3.63, 3.8) is 0 Å². The van der Waals surface area contributed by atoms with Crippen molar-refractivity contribution in [3.8, 4) is 0 Å². The summed E-state index contributed by atoms with van der Waals surface area (Å²) < 4.78 is 0.729. The predicted molar refractivity (Wildman–Crippen MR) is 75.4 cm³/mol. The van der Waals surface area contributed by atoms with Crippen molar-refractivity contribution in [1.29, 1.82) is 0 Å². The second kappa shape index (κ2) is 5.92. The molecule has 19 heavy (non-hydrogen) atoms. The summed E-state index contributed by atoms with van der Waals surface area (Å²) in [5.41, 5.74) is 0.485. The highest BCUT2D eigenvalue weighted by Gasteiger charge is 2.28. The molecule has 1 N–H and O–H groups in total. The van der Waals surface area contributed by atoms with Crippen molar-refractivity contribution in [2.45, 2.75) is 12.8 Å². The van der Waals surface area contributed by atoms with Gasteiger partial charge in [-0.15, -0.1) is 0 Å². The third kappa shape index (κ3) is 3.28. The Kier molecular flexibility index (Phi) is 4.47. The number of piperidine rings is 1. The number of carbonyl (C=O) groups excluding carboxylic acids is 1. The first-order valence-electron chi connectivity index (χ1n) is 5.96. The molecular weight excluding hydrogens is 334 g/mol. The molecule has 0 spiro atoms. The maximum atomic E-state index is 12.3. The smallest absolute Gasteiger partial charge is 0.308 e. The first kappa shape index (κ1) is 14.3. The highest BCUT2D eigenvalue weighted by atomic mass is 79.9. The van der Waals surface area contributed by atoms with Gasteiger partial charge in [-0.3, -0.25) is 9.59 Å². The van der Waals surface area contributed by atoms with Crippen LogP contribution in [0.2, 0.25) is 5.02 Å². The average molecular weight is 347 g/mol. The molecule has 4 nitrogen and oxygen atoms in total. The largest absolute Gasteiger partial charge is 0.481 e. The summed E-state index contributed by atoms with van der Waals surface area (Å²) in [4.78, 5) is 24.9. The lowest BCUT2D eigenvalue weighted by Crippen LogP contribution is -2.42. The maximum absolute atomic E-state index is 12.3. The fourth-order valence-electron chi connectivity index (χ4n) is 2.17. The normalized spacial score (nSPS) is 19.3. The van der Waals surface area contributed by atoms with Crippen molar-refractivity contribution < 1.29 is 14.7 Å². The van der Waals surface area contributed by atoms with E-state index in [-0.39, 0.29) is 12.5 Å². The first-order valence-corrected chi connectivity index (χ1v) is 7.13. The van der Waals surface area contributed by atoms with E-state index < -0.39 is 11.9 Å². The quantitative estimate of drug-likeness (QED) is 0.895. The number of benzene rings is 1. The van der Waals surface area contributed by atoms with Gasteiger partial charge in [-0.25, -0.2) is 0 Å². The van der Waals surface area contributed by atoms with Gasteiger partial charge in [0.15, 0.2) is 0 Å². The second-order valence-electron chi connectivity index (χ2n) is 4.56. The van der Waals surface area contributed by atoms with Gasteiger partial charge >= 0.3 is 5.97 Å². The number of nitrogens with zero attached hydrogens (tertiary/aromatic N) is 1. The molecule has 1 aliphatic rings. The Morgan fingerprint density at radius 3 is 2.79 bits per heavy atom. The van der Waals surface area contributed by atoms with E-state index in [2.05, 4.69) is 15.9 Å². The summed E-state index contributed by atoms with van der Waals surface area (Å²) in [5, 5.41) is 9.49. The SMILES string of the molecule is O=C(O)[C@@H]1CCCN(C(=O)c2ccc(Br)c(Cl)c2)C1. The molecule has 0 bridgehead atoms. The number of hydrogen-bond acceptors (Lipinski definition) is 2. The van der Waals surface area contributed by atoms with Crippen LogP contribution in [0.15, 0.2) is 22.7 Å². The number of amides is 1. The number of carbonyl (C=O) groups is 2. The number of rotatable bonds is 2. The molecular formula is C13H13BrClNO3. The number of halogens is 2. The van der Waals surface area contributed by atoms with Crippen molar-refractivity contribution in [2.75, 3.05) is 13.1 Å². The molecule has 1 heterocycles. The van der Waals surface area contributed by atoms with Crippen LogP contribution in [0.4, 0.5) is 0 Å². The molecule has 0 aliphatic carbocycles. The van der Waals surface area contributed by atoms with Crippen LogP contribution in [-0.2, 0) is 4.79 Å². The zero-order valence-electron chi connectivity index (χ0n) is 10.1. The Hall–Kier alpha value is -1.07. The summed E-state index contributed by atoms with van der Waals surface area (Å²) in [6, 6.07) is 5.00. The van der Waals surface area contributed by atoms with E-state index in [1.165, 1.54) is 0 Å². The van der Waals surface area contributed by atoms with E-state index in [1.54, 1.807) is 23.1 Å². The summed E-state index contributed by atoms with van der Waals surface area (Å²) in [7, 11) is 0. The number of likely N-dealkylation sites (tertiary alicyclic amines) is 1. The van der Waals surface area contributed by atoms with Crippen LogP contribution >= 0.6 is 27.5 Å². The minimum absolute atomic E-state index is 0.166. The molecule has 1 amide bonds. The standard InChI is InChI=1S/C13H13BrClNO3/c14-10-4-3-8(6-11(10)15)12(17)16-5-1-2-9(7-16)13(18)19/h3-4,6,9H,1-2,5,7H2,(H,18,19)/t9-/m1/s1. The molecule has 0 unspecified atom stereocenters. The van der Waals surface area contributed by atoms with Gasteiger partial charge < -0.3 is 10.0 Å². The molecule has 1 aromatic carbocycles. The van der Waals surface area contributed by atoms with Crippen molar-refractivity contribution in [1.82, 2.24) is 4.90 Å². The van der Waals surface area contributed by atoms with E-state index in [4.69, 9.17) is 16.7 Å². The highest BCUT2D eigenvalue weighted by Crippen LogP contribution is 2.25.